The van der Waals surface area contributed by atoms with Crippen molar-refractivity contribution < 1.29 is 13.9 Å². The summed E-state index contributed by atoms with van der Waals surface area (Å²) < 4.78 is 9.94. The van der Waals surface area contributed by atoms with E-state index >= 15 is 0 Å². The lowest BCUT2D eigenvalue weighted by Gasteiger charge is -2.10. The number of methoxy groups -OCH3 is 1. The number of ether oxygens (including phenoxy) is 1. The number of furan rings is 1. The van der Waals surface area contributed by atoms with Gasteiger partial charge in [-0.25, -0.2) is 4.79 Å². The number of hydrogen-bond donors (Lipinski definition) is 1. The Bertz CT molecular complexity index is 673. The fourth-order valence-electron chi connectivity index (χ4n) is 1.67. The van der Waals surface area contributed by atoms with E-state index in [0.717, 1.165) is 0 Å². The van der Waals surface area contributed by atoms with Crippen molar-refractivity contribution in [3.63, 3.8) is 0 Å². The van der Waals surface area contributed by atoms with Gasteiger partial charge in [-0.2, -0.15) is 5.26 Å². The number of anilines is 1. The summed E-state index contributed by atoms with van der Waals surface area (Å²) in [6, 6.07) is 9.99. The summed E-state index contributed by atoms with van der Waals surface area (Å²) in [6.07, 6.45) is 0. The first kappa shape index (κ1) is 14.0. The molecule has 1 aromatic carbocycles. The topological polar surface area (TPSA) is 75.3 Å². The SMILES string of the molecule is COC(=O)c1ccc(Cl)cc1NCc1ccc(C#N)o1. The third-order valence-electron chi connectivity index (χ3n) is 2.61. The molecule has 0 aliphatic rings. The molecule has 0 atom stereocenters. The van der Waals surface area contributed by atoms with Crippen molar-refractivity contribution in [2.75, 3.05) is 12.4 Å². The summed E-state index contributed by atoms with van der Waals surface area (Å²) in [4.78, 5) is 11.6. The zero-order valence-corrected chi connectivity index (χ0v) is 11.4. The van der Waals surface area contributed by atoms with E-state index in [4.69, 9.17) is 26.0 Å². The Morgan fingerprint density at radius 3 is 2.90 bits per heavy atom. The Hall–Kier alpha value is -2.45. The van der Waals surface area contributed by atoms with Crippen LogP contribution in [0.3, 0.4) is 0 Å². The van der Waals surface area contributed by atoms with Gasteiger partial charge >= 0.3 is 5.97 Å². The molecule has 6 heteroatoms. The number of benzene rings is 1. The highest BCUT2D eigenvalue weighted by molar-refractivity contribution is 6.31. The number of esters is 1. The molecule has 0 saturated carbocycles. The molecule has 1 N–H and O–H groups in total. The highest BCUT2D eigenvalue weighted by atomic mass is 35.5. The summed E-state index contributed by atoms with van der Waals surface area (Å²) in [5, 5.41) is 12.2. The van der Waals surface area contributed by atoms with Crippen LogP contribution in [0.5, 0.6) is 0 Å². The van der Waals surface area contributed by atoms with Crippen molar-refractivity contribution in [3.05, 3.63) is 52.4 Å². The molecule has 0 aliphatic heterocycles. The van der Waals surface area contributed by atoms with Gasteiger partial charge in [0.25, 0.3) is 0 Å². The smallest absolute Gasteiger partial charge is 0.339 e. The van der Waals surface area contributed by atoms with Crippen molar-refractivity contribution in [2.45, 2.75) is 6.54 Å². The van der Waals surface area contributed by atoms with E-state index in [0.29, 0.717) is 28.6 Å². The van der Waals surface area contributed by atoms with E-state index in [1.807, 2.05) is 6.07 Å². The third kappa shape index (κ3) is 3.11. The van der Waals surface area contributed by atoms with Crippen LogP contribution in [0, 0.1) is 11.3 Å². The zero-order valence-electron chi connectivity index (χ0n) is 10.6. The summed E-state index contributed by atoms with van der Waals surface area (Å²) in [5.41, 5.74) is 0.920. The van der Waals surface area contributed by atoms with Gasteiger partial charge in [-0.15, -0.1) is 0 Å². The van der Waals surface area contributed by atoms with Gasteiger partial charge in [0.15, 0.2) is 0 Å². The molecule has 0 fully saturated rings. The number of carbonyl (C=O) groups excluding carboxylic acids is 1. The van der Waals surface area contributed by atoms with Gasteiger partial charge in [0.05, 0.1) is 24.9 Å². The van der Waals surface area contributed by atoms with Gasteiger partial charge in [-0.05, 0) is 30.3 Å². The van der Waals surface area contributed by atoms with E-state index in [-0.39, 0.29) is 5.76 Å². The summed E-state index contributed by atoms with van der Waals surface area (Å²) >= 11 is 5.91. The number of nitriles is 1. The molecule has 1 aromatic heterocycles. The molecule has 0 radical (unpaired) electrons. The number of halogens is 1. The maximum atomic E-state index is 11.6. The highest BCUT2D eigenvalue weighted by Crippen LogP contribution is 2.22. The molecule has 20 heavy (non-hydrogen) atoms. The van der Waals surface area contributed by atoms with Gasteiger partial charge in [0, 0.05) is 5.02 Å². The van der Waals surface area contributed by atoms with Crippen molar-refractivity contribution in [3.8, 4) is 6.07 Å². The van der Waals surface area contributed by atoms with Gasteiger partial charge in [0.2, 0.25) is 5.76 Å². The Morgan fingerprint density at radius 1 is 1.45 bits per heavy atom. The standard InChI is InChI=1S/C14H11ClN2O3/c1-19-14(18)12-5-2-9(15)6-13(12)17-8-11-4-3-10(7-16)20-11/h2-6,17H,8H2,1H3. The van der Waals surface area contributed by atoms with Crippen molar-refractivity contribution in [1.29, 1.82) is 5.26 Å². The molecule has 5 nitrogen and oxygen atoms in total. The predicted octanol–water partition coefficient (Wildman–Crippen LogP) is 3.20. The fraction of sp³-hybridized carbons (Fsp3) is 0.143. The van der Waals surface area contributed by atoms with E-state index < -0.39 is 5.97 Å². The lowest BCUT2D eigenvalue weighted by Crippen LogP contribution is -2.08. The van der Waals surface area contributed by atoms with E-state index in [1.165, 1.54) is 7.11 Å². The van der Waals surface area contributed by atoms with Gasteiger partial charge in [-0.3, -0.25) is 0 Å². The van der Waals surface area contributed by atoms with Crippen LogP contribution in [-0.4, -0.2) is 13.1 Å². The van der Waals surface area contributed by atoms with E-state index in [9.17, 15) is 4.79 Å². The second-order valence-corrected chi connectivity index (χ2v) is 4.35. The first-order valence-corrected chi connectivity index (χ1v) is 6.12. The minimum absolute atomic E-state index is 0.237. The Balaban J connectivity index is 2.18. The highest BCUT2D eigenvalue weighted by Gasteiger charge is 2.12. The minimum atomic E-state index is -0.457. The summed E-state index contributed by atoms with van der Waals surface area (Å²) in [7, 11) is 1.31. The average Bonchev–Trinajstić information content (AvgIpc) is 2.92. The van der Waals surface area contributed by atoms with Crippen LogP contribution >= 0.6 is 11.6 Å². The maximum Gasteiger partial charge on any atom is 0.339 e. The van der Waals surface area contributed by atoms with Crippen LogP contribution in [0.4, 0.5) is 5.69 Å². The van der Waals surface area contributed by atoms with Gasteiger partial charge in [-0.1, -0.05) is 11.6 Å². The minimum Gasteiger partial charge on any atom is -0.465 e. The van der Waals surface area contributed by atoms with Crippen LogP contribution < -0.4 is 5.32 Å². The fourth-order valence-corrected chi connectivity index (χ4v) is 1.84. The molecule has 102 valence electrons. The maximum absolute atomic E-state index is 11.6. The molecule has 2 rings (SSSR count). The monoisotopic (exact) mass is 290 g/mol. The number of rotatable bonds is 4. The predicted molar refractivity (Wildman–Crippen MR) is 73.5 cm³/mol. The number of hydrogen-bond acceptors (Lipinski definition) is 5. The molecule has 0 bridgehead atoms. The first-order chi connectivity index (χ1) is 9.63. The Labute approximate surface area is 120 Å². The number of carbonyl (C=O) groups is 1. The Kier molecular flexibility index (Phi) is 4.28. The zero-order chi connectivity index (χ0) is 14.5. The second kappa shape index (κ2) is 6.13. The van der Waals surface area contributed by atoms with E-state index in [2.05, 4.69) is 5.32 Å². The molecule has 0 aliphatic carbocycles. The molecule has 0 amide bonds. The van der Waals surface area contributed by atoms with Crippen molar-refractivity contribution in [2.24, 2.45) is 0 Å². The first-order valence-electron chi connectivity index (χ1n) is 5.74. The molecular formula is C14H11ClN2O3. The van der Waals surface area contributed by atoms with Crippen LogP contribution in [-0.2, 0) is 11.3 Å². The quantitative estimate of drug-likeness (QED) is 0.875. The largest absolute Gasteiger partial charge is 0.465 e. The van der Waals surface area contributed by atoms with Gasteiger partial charge < -0.3 is 14.5 Å². The third-order valence-corrected chi connectivity index (χ3v) is 2.85. The average molecular weight is 291 g/mol. The van der Waals surface area contributed by atoms with Crippen LogP contribution in [0.1, 0.15) is 21.9 Å². The molecule has 0 unspecified atom stereocenters. The lowest BCUT2D eigenvalue weighted by molar-refractivity contribution is 0.0602. The van der Waals surface area contributed by atoms with Gasteiger partial charge in [0.1, 0.15) is 11.8 Å². The summed E-state index contributed by atoms with van der Waals surface area (Å²) in [6.45, 7) is 0.325. The lowest BCUT2D eigenvalue weighted by atomic mass is 10.1. The molecular weight excluding hydrogens is 280 g/mol. The van der Waals surface area contributed by atoms with E-state index in [1.54, 1.807) is 30.3 Å². The summed E-state index contributed by atoms with van der Waals surface area (Å²) in [5.74, 6) is 0.361. The molecule has 2 aromatic rings. The molecule has 0 spiro atoms. The molecule has 0 saturated heterocycles. The number of nitrogens with zero attached hydrogens (tertiary/aromatic N) is 1. The van der Waals surface area contributed by atoms with Crippen LogP contribution in [0.2, 0.25) is 5.02 Å². The van der Waals surface area contributed by atoms with Crippen molar-refractivity contribution in [1.82, 2.24) is 0 Å². The van der Waals surface area contributed by atoms with Crippen LogP contribution in [0.15, 0.2) is 34.7 Å². The Morgan fingerprint density at radius 2 is 2.25 bits per heavy atom. The second-order valence-electron chi connectivity index (χ2n) is 3.91. The van der Waals surface area contributed by atoms with Crippen molar-refractivity contribution >= 4 is 23.3 Å². The molecule has 1 heterocycles. The normalized spacial score (nSPS) is 9.85. The number of nitrogens with one attached hydrogen (secondary N) is 1. The van der Waals surface area contributed by atoms with Crippen LogP contribution in [0.25, 0.3) is 0 Å².